The minimum absolute atomic E-state index is 0.239. The van der Waals surface area contributed by atoms with Gasteiger partial charge in [-0.15, -0.1) is 0 Å². The van der Waals surface area contributed by atoms with Gasteiger partial charge < -0.3 is 0 Å². The fraction of sp³-hybridized carbons (Fsp3) is 0. The number of benzene rings is 1. The Morgan fingerprint density at radius 3 is 0.810 bits per heavy atom. The Bertz CT molecular complexity index is 1770. The molecule has 42 heavy (non-hydrogen) atoms. The molecule has 4 aromatic rings. The average molecular weight is 541 g/mol. The number of nitrogens with zero attached hydrogens (tertiary/aromatic N) is 12. The van der Waals surface area contributed by atoms with Crippen molar-refractivity contribution in [3.05, 3.63) is 105 Å². The number of hydrogen-bond donors (Lipinski definition) is 0. The number of nitriles is 3. The lowest BCUT2D eigenvalue weighted by atomic mass is 10.1. The van der Waals surface area contributed by atoms with Crippen LogP contribution in [0.3, 0.4) is 0 Å². The smallest absolute Gasteiger partial charge is 0.156 e. The summed E-state index contributed by atoms with van der Waals surface area (Å²) in [6.45, 7) is 21.4. The Hall–Kier alpha value is -7.38. The lowest BCUT2D eigenvalue weighted by Gasteiger charge is -2.12. The second-order valence-electron chi connectivity index (χ2n) is 7.80. The van der Waals surface area contributed by atoms with Crippen molar-refractivity contribution in [1.82, 2.24) is 29.9 Å². The van der Waals surface area contributed by atoms with E-state index in [2.05, 4.69) is 14.5 Å². The maximum Gasteiger partial charge on any atom is 0.156 e. The van der Waals surface area contributed by atoms with Gasteiger partial charge in [0, 0.05) is 18.2 Å². The molecule has 192 valence electrons. The van der Waals surface area contributed by atoms with E-state index in [1.807, 2.05) is 18.2 Å². The van der Waals surface area contributed by atoms with Crippen molar-refractivity contribution >= 4 is 69.6 Å². The first-order valence-corrected chi connectivity index (χ1v) is 11.6. The number of allylic oxidation sites excluding steroid dienone is 3. The van der Waals surface area contributed by atoms with Gasteiger partial charge in [-0.1, -0.05) is 0 Å². The summed E-state index contributed by atoms with van der Waals surface area (Å²) < 4.78 is 0. The molecule has 0 fully saturated rings. The molecule has 0 bridgehead atoms. The standard InChI is InChI=1S/C30H12N12/c1-34-16-10-22-21(9-6-15-33)39-27-25-26(38-20(8-5-14-32)19(37-25)7-4-13-31)29-30(28(27)40-22)42-24(12-18-36-3)23(41-29)11-17-35-2/h4-12,16-18H. The highest BCUT2D eigenvalue weighted by Crippen LogP contribution is 2.32. The minimum atomic E-state index is 0.239. The van der Waals surface area contributed by atoms with E-state index in [0.29, 0.717) is 0 Å². The van der Waals surface area contributed by atoms with Gasteiger partial charge in [0.25, 0.3) is 0 Å². The van der Waals surface area contributed by atoms with E-state index >= 15 is 0 Å². The molecule has 0 radical (unpaired) electrons. The molecular weight excluding hydrogens is 528 g/mol. The fourth-order valence-electron chi connectivity index (χ4n) is 3.78. The number of hydrogen-bond acceptors (Lipinski definition) is 9. The molecule has 12 heteroatoms. The van der Waals surface area contributed by atoms with Gasteiger partial charge in [-0.25, -0.2) is 44.4 Å². The molecule has 3 heterocycles. The van der Waals surface area contributed by atoms with Crippen molar-refractivity contribution in [3.8, 4) is 18.2 Å². The maximum atomic E-state index is 9.12. The SMILES string of the molecule is [C-]#[N+]C=Cc1nc2c(nc1C=CC#N)c1nc(C=CC#N)c(C=CC#N)nc1c1nc(C=C[N+]#[C-])c(C=C[N+]#[C-])nc21. The molecule has 0 atom stereocenters. The summed E-state index contributed by atoms with van der Waals surface area (Å²) >= 11 is 0. The average Bonchev–Trinajstić information content (AvgIpc) is 3.01. The summed E-state index contributed by atoms with van der Waals surface area (Å²) in [7, 11) is 0. The van der Waals surface area contributed by atoms with Gasteiger partial charge in [0.05, 0.1) is 72.1 Å². The van der Waals surface area contributed by atoms with Crippen LogP contribution >= 0.6 is 0 Å². The number of aromatic nitrogens is 6. The third-order valence-corrected chi connectivity index (χ3v) is 5.39. The largest absolute Gasteiger partial charge is 0.246 e. The summed E-state index contributed by atoms with van der Waals surface area (Å²) in [6.07, 6.45) is 15.9. The van der Waals surface area contributed by atoms with Crippen LogP contribution in [0.25, 0.3) is 84.1 Å². The van der Waals surface area contributed by atoms with Gasteiger partial charge in [0.15, 0.2) is 18.6 Å². The van der Waals surface area contributed by atoms with Gasteiger partial charge in [-0.3, -0.25) is 0 Å². The molecule has 0 N–H and O–H groups in total. The van der Waals surface area contributed by atoms with E-state index in [-0.39, 0.29) is 67.3 Å². The van der Waals surface area contributed by atoms with Crippen LogP contribution in [-0.2, 0) is 0 Å². The number of fused-ring (bicyclic) bond motifs is 6. The molecule has 0 saturated carbocycles. The zero-order chi connectivity index (χ0) is 29.9. The van der Waals surface area contributed by atoms with Crippen LogP contribution in [-0.4, -0.2) is 29.9 Å². The van der Waals surface area contributed by atoms with Crippen LogP contribution < -0.4 is 0 Å². The van der Waals surface area contributed by atoms with E-state index in [4.69, 9.17) is 65.4 Å². The monoisotopic (exact) mass is 540 g/mol. The zero-order valence-corrected chi connectivity index (χ0v) is 21.3. The quantitative estimate of drug-likeness (QED) is 0.167. The van der Waals surface area contributed by atoms with Crippen LogP contribution in [0.2, 0.25) is 0 Å². The summed E-state index contributed by atoms with van der Waals surface area (Å²) in [6, 6.07) is 5.72. The Morgan fingerprint density at radius 1 is 0.405 bits per heavy atom. The molecule has 0 spiro atoms. The molecule has 4 rings (SSSR count). The van der Waals surface area contributed by atoms with Crippen molar-refractivity contribution in [2.45, 2.75) is 0 Å². The highest BCUT2D eigenvalue weighted by molar-refractivity contribution is 6.18. The second kappa shape index (κ2) is 12.9. The van der Waals surface area contributed by atoms with Crippen molar-refractivity contribution in [2.24, 2.45) is 0 Å². The summed E-state index contributed by atoms with van der Waals surface area (Å²) in [5, 5.41) is 27.4. The second-order valence-corrected chi connectivity index (χ2v) is 7.80. The fourth-order valence-corrected chi connectivity index (χ4v) is 3.78. The molecular formula is C30H12N12. The summed E-state index contributed by atoms with van der Waals surface area (Å²) in [4.78, 5) is 38.0. The first-order chi connectivity index (χ1) is 20.6. The van der Waals surface area contributed by atoms with E-state index in [1.54, 1.807) is 0 Å². The molecule has 0 saturated heterocycles. The van der Waals surface area contributed by atoms with Crippen LogP contribution in [0.1, 0.15) is 34.2 Å². The third-order valence-electron chi connectivity index (χ3n) is 5.39. The third kappa shape index (κ3) is 5.56. The molecule has 0 amide bonds. The minimum Gasteiger partial charge on any atom is -0.246 e. The van der Waals surface area contributed by atoms with Crippen molar-refractivity contribution in [2.75, 3.05) is 0 Å². The van der Waals surface area contributed by atoms with Crippen molar-refractivity contribution in [1.29, 1.82) is 15.8 Å². The normalized spacial score (nSPS) is 11.6. The Kier molecular flexibility index (Phi) is 8.51. The molecule has 0 aliphatic carbocycles. The van der Waals surface area contributed by atoms with E-state index in [0.717, 1.165) is 0 Å². The van der Waals surface area contributed by atoms with Crippen LogP contribution in [0, 0.1) is 53.7 Å². The van der Waals surface area contributed by atoms with Crippen molar-refractivity contribution < 1.29 is 0 Å². The van der Waals surface area contributed by atoms with Gasteiger partial charge in [0.1, 0.15) is 33.1 Å². The Labute approximate surface area is 238 Å². The van der Waals surface area contributed by atoms with Crippen molar-refractivity contribution in [3.63, 3.8) is 0 Å². The topological polar surface area (TPSA) is 162 Å². The Morgan fingerprint density at radius 2 is 0.619 bits per heavy atom. The molecule has 0 aliphatic rings. The highest BCUT2D eigenvalue weighted by Gasteiger charge is 2.20. The highest BCUT2D eigenvalue weighted by atomic mass is 14.9. The zero-order valence-electron chi connectivity index (χ0n) is 21.3. The van der Waals surface area contributed by atoms with Gasteiger partial charge in [-0.2, -0.15) is 15.8 Å². The predicted molar refractivity (Wildman–Crippen MR) is 157 cm³/mol. The Balaban J connectivity index is 2.33. The summed E-state index contributed by atoms with van der Waals surface area (Å²) in [5.74, 6) is 0. The van der Waals surface area contributed by atoms with Crippen LogP contribution in [0.4, 0.5) is 0 Å². The molecule has 12 nitrogen and oxygen atoms in total. The molecule has 0 unspecified atom stereocenters. The van der Waals surface area contributed by atoms with Gasteiger partial charge in [-0.05, 0) is 36.5 Å². The van der Waals surface area contributed by atoms with Gasteiger partial charge >= 0.3 is 0 Å². The predicted octanol–water partition coefficient (Wildman–Crippen LogP) is 5.80. The number of rotatable bonds is 6. The van der Waals surface area contributed by atoms with Crippen LogP contribution in [0.15, 0.2) is 36.8 Å². The summed E-state index contributed by atoms with van der Waals surface area (Å²) in [5.41, 5.74) is 3.07. The van der Waals surface area contributed by atoms with E-state index < -0.39 is 0 Å². The molecule has 0 aliphatic heterocycles. The molecule has 1 aromatic carbocycles. The first-order valence-electron chi connectivity index (χ1n) is 11.6. The van der Waals surface area contributed by atoms with Crippen LogP contribution in [0.5, 0.6) is 0 Å². The van der Waals surface area contributed by atoms with E-state index in [1.165, 1.54) is 73.3 Å². The van der Waals surface area contributed by atoms with E-state index in [9.17, 15) is 0 Å². The molecule has 3 aromatic heterocycles. The first kappa shape index (κ1) is 27.6. The lowest BCUT2D eigenvalue weighted by Crippen LogP contribution is -2.04. The van der Waals surface area contributed by atoms with Gasteiger partial charge in [0.2, 0.25) is 0 Å². The lowest BCUT2D eigenvalue weighted by molar-refractivity contribution is 1.19. The maximum absolute atomic E-state index is 9.12.